The zero-order chi connectivity index (χ0) is 5.54. The molecule has 0 atom stereocenters. The van der Waals surface area contributed by atoms with Crippen LogP contribution in [0.2, 0.25) is 0 Å². The Morgan fingerprint density at radius 1 is 1.12 bits per heavy atom. The maximum atomic E-state index is 5.27. The third-order valence-electron chi connectivity index (χ3n) is 1.06. The average molecular weight is 117 g/mol. The lowest BCUT2D eigenvalue weighted by Crippen LogP contribution is -1.97. The molecule has 0 fully saturated rings. The maximum Gasteiger partial charge on any atom is -0.00773 e. The first kappa shape index (κ1) is 10.9. The SMILES string of the molecule is C.CCCCCCN. The van der Waals surface area contributed by atoms with E-state index in [9.17, 15) is 0 Å². The van der Waals surface area contributed by atoms with Crippen molar-refractivity contribution < 1.29 is 0 Å². The van der Waals surface area contributed by atoms with Crippen LogP contribution in [0.4, 0.5) is 0 Å². The third kappa shape index (κ3) is 9.35. The van der Waals surface area contributed by atoms with Gasteiger partial charge in [-0.25, -0.2) is 0 Å². The minimum atomic E-state index is 0. The van der Waals surface area contributed by atoms with Crippen molar-refractivity contribution in [2.45, 2.75) is 40.0 Å². The third-order valence-corrected chi connectivity index (χ3v) is 1.06. The summed E-state index contributed by atoms with van der Waals surface area (Å²) in [6, 6.07) is 0. The van der Waals surface area contributed by atoms with E-state index in [0.717, 1.165) is 6.54 Å². The molecule has 0 rings (SSSR count). The molecule has 0 aliphatic rings. The van der Waals surface area contributed by atoms with Crippen LogP contribution in [0.3, 0.4) is 0 Å². The van der Waals surface area contributed by atoms with Gasteiger partial charge >= 0.3 is 0 Å². The molecule has 1 heteroatoms. The van der Waals surface area contributed by atoms with Crippen LogP contribution in [0.5, 0.6) is 0 Å². The topological polar surface area (TPSA) is 26.0 Å². The summed E-state index contributed by atoms with van der Waals surface area (Å²) in [6.45, 7) is 3.07. The minimum Gasteiger partial charge on any atom is -0.330 e. The molecule has 0 aromatic heterocycles. The molecule has 0 aliphatic heterocycles. The predicted molar refractivity (Wildman–Crippen MR) is 39.9 cm³/mol. The van der Waals surface area contributed by atoms with E-state index in [2.05, 4.69) is 6.92 Å². The van der Waals surface area contributed by atoms with E-state index in [0.29, 0.717) is 0 Å². The zero-order valence-corrected chi connectivity index (χ0v) is 5.11. The molecular formula is C7H19N. The summed E-state index contributed by atoms with van der Waals surface area (Å²) < 4.78 is 0. The summed E-state index contributed by atoms with van der Waals surface area (Å²) in [5.74, 6) is 0. The molecule has 0 aromatic carbocycles. The molecule has 0 aliphatic carbocycles. The van der Waals surface area contributed by atoms with Crippen molar-refractivity contribution in [1.29, 1.82) is 0 Å². The van der Waals surface area contributed by atoms with E-state index in [-0.39, 0.29) is 7.43 Å². The van der Waals surface area contributed by atoms with Crippen LogP contribution < -0.4 is 5.73 Å². The normalized spacial score (nSPS) is 8.25. The highest BCUT2D eigenvalue weighted by molar-refractivity contribution is 4.38. The van der Waals surface area contributed by atoms with Gasteiger partial charge in [0.05, 0.1) is 0 Å². The Balaban J connectivity index is 0. The molecule has 0 aromatic rings. The molecule has 0 saturated carbocycles. The van der Waals surface area contributed by atoms with Crippen molar-refractivity contribution in [2.75, 3.05) is 6.54 Å². The van der Waals surface area contributed by atoms with E-state index in [1.807, 2.05) is 0 Å². The lowest BCUT2D eigenvalue weighted by molar-refractivity contribution is 0.674. The molecule has 0 unspecified atom stereocenters. The van der Waals surface area contributed by atoms with Crippen LogP contribution in [0.1, 0.15) is 40.0 Å². The van der Waals surface area contributed by atoms with Gasteiger partial charge in [0, 0.05) is 0 Å². The molecule has 0 heterocycles. The largest absolute Gasteiger partial charge is 0.330 e. The minimum absolute atomic E-state index is 0. The summed E-state index contributed by atoms with van der Waals surface area (Å²) in [5, 5.41) is 0. The van der Waals surface area contributed by atoms with Gasteiger partial charge in [-0.2, -0.15) is 0 Å². The number of unbranched alkanes of at least 4 members (excludes halogenated alkanes) is 3. The molecular weight excluding hydrogens is 98.1 g/mol. The molecule has 8 heavy (non-hydrogen) atoms. The summed E-state index contributed by atoms with van der Waals surface area (Å²) in [6.07, 6.45) is 5.16. The zero-order valence-electron chi connectivity index (χ0n) is 5.11. The Morgan fingerprint density at radius 2 is 1.75 bits per heavy atom. The van der Waals surface area contributed by atoms with E-state index in [4.69, 9.17) is 5.73 Å². The Morgan fingerprint density at radius 3 is 2.12 bits per heavy atom. The first-order valence-electron chi connectivity index (χ1n) is 3.12. The van der Waals surface area contributed by atoms with Gasteiger partial charge in [-0.05, 0) is 13.0 Å². The summed E-state index contributed by atoms with van der Waals surface area (Å²) in [4.78, 5) is 0. The Bertz CT molecular complexity index is 23.6. The number of hydrogen-bond acceptors (Lipinski definition) is 1. The summed E-state index contributed by atoms with van der Waals surface area (Å²) >= 11 is 0. The average Bonchev–Trinajstić information content (AvgIpc) is 1.69. The Hall–Kier alpha value is -0.0400. The highest BCUT2D eigenvalue weighted by Crippen LogP contribution is 1.95. The van der Waals surface area contributed by atoms with Gasteiger partial charge in [0.2, 0.25) is 0 Å². The fourth-order valence-electron chi connectivity index (χ4n) is 0.571. The van der Waals surface area contributed by atoms with Crippen molar-refractivity contribution >= 4 is 0 Å². The highest BCUT2D eigenvalue weighted by atomic mass is 14.5. The van der Waals surface area contributed by atoms with Gasteiger partial charge in [-0.1, -0.05) is 33.6 Å². The highest BCUT2D eigenvalue weighted by Gasteiger charge is 1.80. The Labute approximate surface area is 53.3 Å². The first-order chi connectivity index (χ1) is 3.41. The molecule has 0 spiro atoms. The fourth-order valence-corrected chi connectivity index (χ4v) is 0.571. The maximum absolute atomic E-state index is 5.27. The molecule has 0 saturated heterocycles. The standard InChI is InChI=1S/C6H15N.CH4/c1-2-3-4-5-6-7;/h2-7H2,1H3;1H4. The van der Waals surface area contributed by atoms with Crippen LogP contribution in [0.15, 0.2) is 0 Å². The summed E-state index contributed by atoms with van der Waals surface area (Å²) in [5.41, 5.74) is 5.27. The van der Waals surface area contributed by atoms with Gasteiger partial charge in [0.25, 0.3) is 0 Å². The molecule has 0 radical (unpaired) electrons. The smallest absolute Gasteiger partial charge is 0.00773 e. The van der Waals surface area contributed by atoms with Gasteiger partial charge in [-0.15, -0.1) is 0 Å². The van der Waals surface area contributed by atoms with Gasteiger partial charge in [0.15, 0.2) is 0 Å². The lowest BCUT2D eigenvalue weighted by Gasteiger charge is -1.90. The number of rotatable bonds is 4. The predicted octanol–water partition coefficient (Wildman–Crippen LogP) is 2.16. The second-order valence-corrected chi connectivity index (χ2v) is 1.85. The van der Waals surface area contributed by atoms with Crippen LogP contribution in [0, 0.1) is 0 Å². The van der Waals surface area contributed by atoms with Gasteiger partial charge in [-0.3, -0.25) is 0 Å². The lowest BCUT2D eigenvalue weighted by atomic mass is 10.2. The van der Waals surface area contributed by atoms with Crippen LogP contribution >= 0.6 is 0 Å². The van der Waals surface area contributed by atoms with Crippen molar-refractivity contribution in [3.8, 4) is 0 Å². The van der Waals surface area contributed by atoms with Crippen LogP contribution in [0.25, 0.3) is 0 Å². The molecule has 0 bridgehead atoms. The molecule has 2 N–H and O–H groups in total. The van der Waals surface area contributed by atoms with Crippen molar-refractivity contribution in [1.82, 2.24) is 0 Å². The number of nitrogens with two attached hydrogens (primary N) is 1. The second-order valence-electron chi connectivity index (χ2n) is 1.85. The van der Waals surface area contributed by atoms with Crippen molar-refractivity contribution in [3.63, 3.8) is 0 Å². The van der Waals surface area contributed by atoms with Crippen molar-refractivity contribution in [3.05, 3.63) is 0 Å². The van der Waals surface area contributed by atoms with Gasteiger partial charge in [0.1, 0.15) is 0 Å². The Kier molecular flexibility index (Phi) is 13.6. The fraction of sp³-hybridized carbons (Fsp3) is 1.00. The van der Waals surface area contributed by atoms with E-state index in [1.165, 1.54) is 25.7 Å². The molecule has 1 nitrogen and oxygen atoms in total. The molecule has 52 valence electrons. The van der Waals surface area contributed by atoms with Crippen LogP contribution in [-0.2, 0) is 0 Å². The monoisotopic (exact) mass is 117 g/mol. The van der Waals surface area contributed by atoms with Crippen molar-refractivity contribution in [2.24, 2.45) is 5.73 Å². The van der Waals surface area contributed by atoms with E-state index in [1.54, 1.807) is 0 Å². The second kappa shape index (κ2) is 10.0. The quantitative estimate of drug-likeness (QED) is 0.561. The van der Waals surface area contributed by atoms with Crippen LogP contribution in [-0.4, -0.2) is 6.54 Å². The summed E-state index contributed by atoms with van der Waals surface area (Å²) in [7, 11) is 0. The van der Waals surface area contributed by atoms with Gasteiger partial charge < -0.3 is 5.73 Å². The molecule has 0 amide bonds. The number of hydrogen-bond donors (Lipinski definition) is 1. The van der Waals surface area contributed by atoms with E-state index >= 15 is 0 Å². The first-order valence-corrected chi connectivity index (χ1v) is 3.12. The van der Waals surface area contributed by atoms with E-state index < -0.39 is 0 Å².